The van der Waals surface area contributed by atoms with Crippen molar-refractivity contribution in [1.29, 1.82) is 0 Å². The van der Waals surface area contributed by atoms with E-state index in [0.717, 1.165) is 18.7 Å². The molecule has 3 amide bonds. The zero-order chi connectivity index (χ0) is 18.7. The number of piperidine rings is 1. The van der Waals surface area contributed by atoms with Crippen LogP contribution in [0.4, 0.5) is 4.79 Å². The minimum absolute atomic E-state index is 0.0372. The molecule has 3 heterocycles. The lowest BCUT2D eigenvalue weighted by Crippen LogP contribution is -2.54. The molecule has 10 heteroatoms. The normalized spacial score (nSPS) is 33.6. The average molecular weight is 385 g/mol. The molecule has 5 N–H and O–H groups in total. The van der Waals surface area contributed by atoms with Crippen LogP contribution >= 0.6 is 11.8 Å². The molecule has 5 unspecified atom stereocenters. The molecule has 5 atom stereocenters. The van der Waals surface area contributed by atoms with Gasteiger partial charge < -0.3 is 10.1 Å². The lowest BCUT2D eigenvalue weighted by molar-refractivity contribution is -0.127. The van der Waals surface area contributed by atoms with Crippen molar-refractivity contribution >= 4 is 29.7 Å². The Morgan fingerprint density at radius 3 is 2.77 bits per heavy atom. The fourth-order valence-electron chi connectivity index (χ4n) is 3.59. The van der Waals surface area contributed by atoms with E-state index in [-0.39, 0.29) is 29.5 Å². The molecule has 0 aromatic heterocycles. The number of fused-ring (bicyclic) bond motifs is 1. The summed E-state index contributed by atoms with van der Waals surface area (Å²) in [6.07, 6.45) is 0.607. The van der Waals surface area contributed by atoms with Crippen LogP contribution in [-0.2, 0) is 14.3 Å². The van der Waals surface area contributed by atoms with Gasteiger partial charge >= 0.3 is 6.09 Å². The van der Waals surface area contributed by atoms with Crippen molar-refractivity contribution < 1.29 is 19.1 Å². The van der Waals surface area contributed by atoms with Crippen LogP contribution in [0.5, 0.6) is 0 Å². The average Bonchev–Trinajstić information content (AvgIpc) is 3.21. The lowest BCUT2D eigenvalue weighted by Gasteiger charge is -2.32. The third kappa shape index (κ3) is 4.67. The summed E-state index contributed by atoms with van der Waals surface area (Å²) < 4.78 is 4.95. The van der Waals surface area contributed by atoms with Gasteiger partial charge in [0, 0.05) is 19.0 Å². The van der Waals surface area contributed by atoms with Gasteiger partial charge in [-0.25, -0.2) is 10.2 Å². The molecule has 146 valence electrons. The van der Waals surface area contributed by atoms with E-state index >= 15 is 0 Å². The van der Waals surface area contributed by atoms with E-state index in [4.69, 9.17) is 4.74 Å². The summed E-state index contributed by atoms with van der Waals surface area (Å²) >= 11 is 1.54. The number of carbonyl (C=O) groups excluding carboxylic acids is 3. The molecule has 3 aliphatic heterocycles. The first-order chi connectivity index (χ1) is 12.4. The van der Waals surface area contributed by atoms with Crippen LogP contribution in [0.2, 0.25) is 0 Å². The van der Waals surface area contributed by atoms with Crippen LogP contribution in [0, 0.1) is 17.8 Å². The van der Waals surface area contributed by atoms with Crippen LogP contribution < -0.4 is 26.8 Å². The molecule has 0 aliphatic carbocycles. The van der Waals surface area contributed by atoms with Gasteiger partial charge in [0.15, 0.2) is 0 Å². The molecular weight excluding hydrogens is 358 g/mol. The first-order valence-corrected chi connectivity index (χ1v) is 10.1. The third-order valence-electron chi connectivity index (χ3n) is 4.92. The highest BCUT2D eigenvalue weighted by atomic mass is 32.2. The molecule has 0 saturated carbocycles. The van der Waals surface area contributed by atoms with Gasteiger partial charge in [0.25, 0.3) is 0 Å². The fourth-order valence-corrected chi connectivity index (χ4v) is 4.92. The summed E-state index contributed by atoms with van der Waals surface area (Å²) in [5.41, 5.74) is 6.26. The summed E-state index contributed by atoms with van der Waals surface area (Å²) in [6, 6.07) is 0. The minimum atomic E-state index is -0.740. The summed E-state index contributed by atoms with van der Waals surface area (Å²) in [4.78, 5) is 36.6. The van der Waals surface area contributed by atoms with Gasteiger partial charge in [0.2, 0.25) is 11.8 Å². The van der Waals surface area contributed by atoms with E-state index < -0.39 is 17.9 Å². The Bertz CT molecular complexity index is 561. The van der Waals surface area contributed by atoms with Crippen molar-refractivity contribution in [2.24, 2.45) is 17.8 Å². The zero-order valence-electron chi connectivity index (χ0n) is 15.0. The fraction of sp³-hybridized carbons (Fsp3) is 0.812. The van der Waals surface area contributed by atoms with Crippen molar-refractivity contribution in [2.45, 2.75) is 44.3 Å². The van der Waals surface area contributed by atoms with Crippen molar-refractivity contribution in [3.05, 3.63) is 0 Å². The Kier molecular flexibility index (Phi) is 6.38. The number of imide groups is 1. The molecule has 3 aliphatic rings. The van der Waals surface area contributed by atoms with Crippen molar-refractivity contribution in [3.63, 3.8) is 0 Å². The molecule has 26 heavy (non-hydrogen) atoms. The monoisotopic (exact) mass is 385 g/mol. The molecule has 0 spiro atoms. The third-order valence-corrected chi connectivity index (χ3v) is 6.19. The van der Waals surface area contributed by atoms with Crippen LogP contribution in [-0.4, -0.2) is 54.4 Å². The Hall–Kier alpha value is -1.36. The molecule has 0 aromatic carbocycles. The molecular formula is C16H27N5O4S. The summed E-state index contributed by atoms with van der Waals surface area (Å²) in [5, 5.41) is 8.30. The first kappa shape index (κ1) is 19.4. The van der Waals surface area contributed by atoms with E-state index in [1.165, 1.54) is 0 Å². The number of alkyl carbamates (subject to hydrolysis) is 1. The SMILES string of the molecule is CC(C)OC(=O)NC(=O)C1CCSC1NC(=O)C1CNC2NNCC2C1. The molecule has 3 fully saturated rings. The topological polar surface area (TPSA) is 121 Å². The van der Waals surface area contributed by atoms with Gasteiger partial charge in [-0.15, -0.1) is 11.8 Å². The Labute approximate surface area is 157 Å². The number of nitrogens with one attached hydrogen (secondary N) is 5. The molecule has 0 bridgehead atoms. The number of thioether (sulfide) groups is 1. The highest BCUT2D eigenvalue weighted by Crippen LogP contribution is 2.31. The predicted octanol–water partition coefficient (Wildman–Crippen LogP) is -0.497. The molecule has 0 radical (unpaired) electrons. The van der Waals surface area contributed by atoms with Crippen molar-refractivity contribution in [2.75, 3.05) is 18.8 Å². The highest BCUT2D eigenvalue weighted by Gasteiger charge is 2.40. The minimum Gasteiger partial charge on any atom is -0.447 e. The van der Waals surface area contributed by atoms with Crippen molar-refractivity contribution in [1.82, 2.24) is 26.8 Å². The Morgan fingerprint density at radius 2 is 2.00 bits per heavy atom. The van der Waals surface area contributed by atoms with Crippen LogP contribution in [0.15, 0.2) is 0 Å². The zero-order valence-corrected chi connectivity index (χ0v) is 15.9. The van der Waals surface area contributed by atoms with E-state index in [2.05, 4.69) is 26.8 Å². The van der Waals surface area contributed by atoms with Crippen LogP contribution in [0.3, 0.4) is 0 Å². The maximum Gasteiger partial charge on any atom is 0.414 e. The van der Waals surface area contributed by atoms with E-state index in [1.54, 1.807) is 25.6 Å². The predicted molar refractivity (Wildman–Crippen MR) is 96.8 cm³/mol. The Balaban J connectivity index is 1.50. The Morgan fingerprint density at radius 1 is 1.19 bits per heavy atom. The first-order valence-electron chi connectivity index (χ1n) is 9.09. The second kappa shape index (κ2) is 8.55. The maximum absolute atomic E-state index is 12.6. The quantitative estimate of drug-likeness (QED) is 0.439. The number of ether oxygens (including phenoxy) is 1. The van der Waals surface area contributed by atoms with E-state index in [1.807, 2.05) is 0 Å². The highest BCUT2D eigenvalue weighted by molar-refractivity contribution is 8.00. The van der Waals surface area contributed by atoms with Gasteiger partial charge in [0.05, 0.1) is 29.5 Å². The van der Waals surface area contributed by atoms with Gasteiger partial charge in [0.1, 0.15) is 0 Å². The summed E-state index contributed by atoms with van der Waals surface area (Å²) in [7, 11) is 0. The maximum atomic E-state index is 12.6. The largest absolute Gasteiger partial charge is 0.447 e. The molecule has 9 nitrogen and oxygen atoms in total. The van der Waals surface area contributed by atoms with Crippen LogP contribution in [0.25, 0.3) is 0 Å². The van der Waals surface area contributed by atoms with Gasteiger partial charge in [-0.3, -0.25) is 25.6 Å². The lowest BCUT2D eigenvalue weighted by atomic mass is 9.88. The van der Waals surface area contributed by atoms with E-state index in [9.17, 15) is 14.4 Å². The standard InChI is InChI=1S/C16H27N5O4S/c1-8(2)25-16(24)20-14(23)11-3-4-26-15(11)19-13(22)10-5-9-7-18-21-12(9)17-6-10/h8-12,15,17-18,21H,3-7H2,1-2H3,(H,19,22)(H,20,23,24). The molecule has 3 saturated heterocycles. The van der Waals surface area contributed by atoms with Crippen molar-refractivity contribution in [3.8, 4) is 0 Å². The molecule has 0 aromatic rings. The molecule has 3 rings (SSSR count). The van der Waals surface area contributed by atoms with Gasteiger partial charge in [-0.2, -0.15) is 0 Å². The van der Waals surface area contributed by atoms with Gasteiger partial charge in [-0.1, -0.05) is 0 Å². The number of hydrogen-bond acceptors (Lipinski definition) is 8. The summed E-state index contributed by atoms with van der Waals surface area (Å²) in [5.74, 6) is 0.169. The second-order valence-electron chi connectivity index (χ2n) is 7.24. The number of hydrogen-bond donors (Lipinski definition) is 5. The smallest absolute Gasteiger partial charge is 0.414 e. The van der Waals surface area contributed by atoms with Crippen LogP contribution in [0.1, 0.15) is 26.7 Å². The number of carbonyl (C=O) groups is 3. The number of rotatable bonds is 4. The van der Waals surface area contributed by atoms with Gasteiger partial charge in [-0.05, 0) is 32.4 Å². The number of amides is 3. The summed E-state index contributed by atoms with van der Waals surface area (Å²) in [6.45, 7) is 4.88. The van der Waals surface area contributed by atoms with E-state index in [0.29, 0.717) is 18.9 Å². The number of hydrazine groups is 1. The second-order valence-corrected chi connectivity index (χ2v) is 8.49.